The summed E-state index contributed by atoms with van der Waals surface area (Å²) in [6.07, 6.45) is 1.22. The Balaban J connectivity index is 1.53. The Morgan fingerprint density at radius 3 is 2.92 bits per heavy atom. The van der Waals surface area contributed by atoms with Crippen molar-refractivity contribution in [3.8, 4) is 0 Å². The molecule has 5 heteroatoms. The first-order valence-corrected chi connectivity index (χ1v) is 9.53. The maximum Gasteiger partial charge on any atom is 0.0826 e. The van der Waals surface area contributed by atoms with E-state index in [4.69, 9.17) is 4.74 Å². The zero-order valence-corrected chi connectivity index (χ0v) is 14.8. The smallest absolute Gasteiger partial charge is 0.0826 e. The lowest BCUT2D eigenvalue weighted by Gasteiger charge is -2.25. The van der Waals surface area contributed by atoms with Gasteiger partial charge in [-0.3, -0.25) is 4.90 Å². The summed E-state index contributed by atoms with van der Waals surface area (Å²) in [6.45, 7) is 4.63. The number of nitrogens with zero attached hydrogens (tertiary/aromatic N) is 1. The molecule has 1 aromatic heterocycles. The second-order valence-electron chi connectivity index (χ2n) is 6.27. The molecule has 1 aliphatic rings. The Kier molecular flexibility index (Phi) is 6.81. The fraction of sp³-hybridized carbons (Fsp3) is 0.474. The minimum Gasteiger partial charge on any atom is -0.394 e. The van der Waals surface area contributed by atoms with Gasteiger partial charge in [-0.2, -0.15) is 11.3 Å². The van der Waals surface area contributed by atoms with E-state index in [1.807, 2.05) is 5.38 Å². The predicted molar refractivity (Wildman–Crippen MR) is 98.2 cm³/mol. The summed E-state index contributed by atoms with van der Waals surface area (Å²) in [7, 11) is 0. The van der Waals surface area contributed by atoms with Crippen LogP contribution in [0.2, 0.25) is 0 Å². The molecule has 0 aliphatic carbocycles. The number of benzene rings is 1. The molecule has 0 bridgehead atoms. The number of aliphatic hydroxyl groups excluding tert-OH is 1. The highest BCUT2D eigenvalue weighted by Crippen LogP contribution is 2.16. The lowest BCUT2D eigenvalue weighted by molar-refractivity contribution is 0.0497. The maximum absolute atomic E-state index is 9.62. The van der Waals surface area contributed by atoms with E-state index in [0.29, 0.717) is 0 Å². The number of hydrogen-bond acceptors (Lipinski definition) is 5. The zero-order chi connectivity index (χ0) is 16.6. The first-order chi connectivity index (χ1) is 11.8. The number of nitrogens with one attached hydrogen (secondary N) is 1. The molecule has 2 aromatic rings. The fourth-order valence-electron chi connectivity index (χ4n) is 3.11. The number of ether oxygens (including phenoxy) is 1. The van der Waals surface area contributed by atoms with Gasteiger partial charge in [-0.1, -0.05) is 30.3 Å². The number of thiophene rings is 1. The van der Waals surface area contributed by atoms with E-state index >= 15 is 0 Å². The van der Waals surface area contributed by atoms with Gasteiger partial charge in [0.2, 0.25) is 0 Å². The van der Waals surface area contributed by atoms with Gasteiger partial charge in [0.25, 0.3) is 0 Å². The Hall–Kier alpha value is -1.24. The molecule has 0 saturated carbocycles. The molecule has 2 atom stereocenters. The van der Waals surface area contributed by atoms with Crippen LogP contribution in [0.1, 0.15) is 23.6 Å². The second-order valence-corrected chi connectivity index (χ2v) is 7.05. The van der Waals surface area contributed by atoms with Crippen molar-refractivity contribution in [2.45, 2.75) is 25.1 Å². The van der Waals surface area contributed by atoms with Crippen molar-refractivity contribution in [1.29, 1.82) is 0 Å². The standard InChI is InChI=1S/C19H26N2O2S/c22-14-19(17-7-10-24-15-17)20-11-18-13-21(8-4-9-23-18)12-16-5-2-1-3-6-16/h1-3,5-7,10,15,18-20,22H,4,8-9,11-14H2/t18-,19-/m0/s1. The summed E-state index contributed by atoms with van der Waals surface area (Å²) >= 11 is 1.66. The second kappa shape index (κ2) is 9.30. The SMILES string of the molecule is OC[C@H](NC[C@H]1CN(Cc2ccccc2)CCCO1)c1ccsc1. The van der Waals surface area contributed by atoms with E-state index < -0.39 is 0 Å². The van der Waals surface area contributed by atoms with Crippen LogP contribution in [0.5, 0.6) is 0 Å². The van der Waals surface area contributed by atoms with Gasteiger partial charge < -0.3 is 15.2 Å². The Morgan fingerprint density at radius 2 is 2.17 bits per heavy atom. The molecule has 3 rings (SSSR count). The molecule has 2 heterocycles. The highest BCUT2D eigenvalue weighted by atomic mass is 32.1. The van der Waals surface area contributed by atoms with Gasteiger partial charge in [-0.25, -0.2) is 0 Å². The molecular weight excluding hydrogens is 320 g/mol. The van der Waals surface area contributed by atoms with Crippen LogP contribution in [0.25, 0.3) is 0 Å². The van der Waals surface area contributed by atoms with Crippen molar-refractivity contribution in [3.63, 3.8) is 0 Å². The molecule has 0 spiro atoms. The summed E-state index contributed by atoms with van der Waals surface area (Å²) in [5, 5.41) is 17.2. The highest BCUT2D eigenvalue weighted by molar-refractivity contribution is 7.07. The van der Waals surface area contributed by atoms with Gasteiger partial charge in [0.05, 0.1) is 18.8 Å². The molecule has 130 valence electrons. The number of aliphatic hydroxyl groups is 1. The van der Waals surface area contributed by atoms with E-state index in [9.17, 15) is 5.11 Å². The zero-order valence-electron chi connectivity index (χ0n) is 13.9. The molecule has 0 radical (unpaired) electrons. The van der Waals surface area contributed by atoms with Gasteiger partial charge in [0.1, 0.15) is 0 Å². The third-order valence-corrected chi connectivity index (χ3v) is 5.10. The number of rotatable bonds is 7. The monoisotopic (exact) mass is 346 g/mol. The largest absolute Gasteiger partial charge is 0.394 e. The van der Waals surface area contributed by atoms with E-state index in [2.05, 4.69) is 52.0 Å². The van der Waals surface area contributed by atoms with Crippen molar-refractivity contribution in [2.24, 2.45) is 0 Å². The van der Waals surface area contributed by atoms with Gasteiger partial charge >= 0.3 is 0 Å². The first kappa shape index (κ1) is 17.6. The highest BCUT2D eigenvalue weighted by Gasteiger charge is 2.20. The summed E-state index contributed by atoms with van der Waals surface area (Å²) in [5.41, 5.74) is 2.50. The first-order valence-electron chi connectivity index (χ1n) is 8.59. The van der Waals surface area contributed by atoms with E-state index in [0.717, 1.165) is 44.8 Å². The van der Waals surface area contributed by atoms with Crippen molar-refractivity contribution < 1.29 is 9.84 Å². The van der Waals surface area contributed by atoms with Gasteiger partial charge in [0.15, 0.2) is 0 Å². The van der Waals surface area contributed by atoms with Crippen molar-refractivity contribution in [3.05, 3.63) is 58.3 Å². The summed E-state index contributed by atoms with van der Waals surface area (Å²) in [5.74, 6) is 0. The van der Waals surface area contributed by atoms with Crippen LogP contribution in [-0.2, 0) is 11.3 Å². The third-order valence-electron chi connectivity index (χ3n) is 4.40. The van der Waals surface area contributed by atoms with Crippen LogP contribution in [0.4, 0.5) is 0 Å². The minimum atomic E-state index is -0.00863. The molecule has 0 amide bonds. The van der Waals surface area contributed by atoms with Crippen LogP contribution in [0.15, 0.2) is 47.2 Å². The van der Waals surface area contributed by atoms with E-state index in [1.165, 1.54) is 5.56 Å². The van der Waals surface area contributed by atoms with E-state index in [-0.39, 0.29) is 18.8 Å². The van der Waals surface area contributed by atoms with Crippen LogP contribution >= 0.6 is 11.3 Å². The molecule has 24 heavy (non-hydrogen) atoms. The Labute approximate surface area is 148 Å². The molecule has 1 aliphatic heterocycles. The van der Waals surface area contributed by atoms with Crippen molar-refractivity contribution in [2.75, 3.05) is 32.8 Å². The third kappa shape index (κ3) is 5.13. The Morgan fingerprint density at radius 1 is 1.29 bits per heavy atom. The molecule has 1 fully saturated rings. The van der Waals surface area contributed by atoms with Crippen LogP contribution < -0.4 is 5.32 Å². The summed E-state index contributed by atoms with van der Waals surface area (Å²) < 4.78 is 6.00. The van der Waals surface area contributed by atoms with Crippen molar-refractivity contribution >= 4 is 11.3 Å². The fourth-order valence-corrected chi connectivity index (χ4v) is 3.83. The normalized spacial score (nSPS) is 20.6. The van der Waals surface area contributed by atoms with Gasteiger partial charge in [-0.05, 0) is 34.4 Å². The molecule has 1 saturated heterocycles. The molecule has 0 unspecified atom stereocenters. The van der Waals surface area contributed by atoms with Crippen molar-refractivity contribution in [1.82, 2.24) is 10.2 Å². The molecule has 1 aromatic carbocycles. The lowest BCUT2D eigenvalue weighted by atomic mass is 10.1. The summed E-state index contributed by atoms with van der Waals surface area (Å²) in [4.78, 5) is 2.47. The maximum atomic E-state index is 9.62. The lowest BCUT2D eigenvalue weighted by Crippen LogP contribution is -2.39. The van der Waals surface area contributed by atoms with E-state index in [1.54, 1.807) is 11.3 Å². The average molecular weight is 346 g/mol. The predicted octanol–water partition coefficient (Wildman–Crippen LogP) is 2.66. The molecular formula is C19H26N2O2S. The number of hydrogen-bond donors (Lipinski definition) is 2. The van der Waals surface area contributed by atoms with Crippen LogP contribution in [-0.4, -0.2) is 49.0 Å². The Bertz CT molecular complexity index is 576. The molecule has 2 N–H and O–H groups in total. The minimum absolute atomic E-state index is 0.00863. The topological polar surface area (TPSA) is 44.7 Å². The van der Waals surface area contributed by atoms with Gasteiger partial charge in [-0.15, -0.1) is 0 Å². The van der Waals surface area contributed by atoms with Gasteiger partial charge in [0, 0.05) is 32.8 Å². The molecule has 4 nitrogen and oxygen atoms in total. The summed E-state index contributed by atoms with van der Waals surface area (Å²) in [6, 6.07) is 12.7. The quantitative estimate of drug-likeness (QED) is 0.809. The average Bonchev–Trinajstić information content (AvgIpc) is 3.05. The van der Waals surface area contributed by atoms with Crippen LogP contribution in [0.3, 0.4) is 0 Å². The van der Waals surface area contributed by atoms with Crippen LogP contribution in [0, 0.1) is 0 Å².